The first-order chi connectivity index (χ1) is 13.9. The van der Waals surface area contributed by atoms with E-state index in [4.69, 9.17) is 40.2 Å². The van der Waals surface area contributed by atoms with E-state index in [0.717, 1.165) is 5.56 Å². The third kappa shape index (κ3) is 5.84. The van der Waals surface area contributed by atoms with Crippen LogP contribution in [0.4, 0.5) is 5.69 Å². The lowest BCUT2D eigenvalue weighted by Crippen LogP contribution is -2.34. The maximum Gasteiger partial charge on any atom is 0.257 e. The second-order valence-corrected chi connectivity index (χ2v) is 7.24. The van der Waals surface area contributed by atoms with Gasteiger partial charge in [-0.15, -0.1) is 0 Å². The van der Waals surface area contributed by atoms with Crippen LogP contribution in [0, 0.1) is 0 Å². The Balaban J connectivity index is 1.57. The molecule has 3 aromatic rings. The second kappa shape index (κ2) is 9.60. The quantitative estimate of drug-likeness (QED) is 0.361. The molecule has 0 saturated carbocycles. The molecule has 0 fully saturated rings. The van der Waals surface area contributed by atoms with E-state index in [2.05, 4.69) is 10.6 Å². The highest BCUT2D eigenvalue weighted by atomic mass is 35.5. The molecule has 0 saturated heterocycles. The predicted octanol–water partition coefficient (Wildman–Crippen LogP) is 5.40. The number of hydrogen-bond acceptors (Lipinski definition) is 4. The molecule has 29 heavy (non-hydrogen) atoms. The molecule has 1 amide bonds. The number of carbonyl (C=O) groups excluding carboxylic acids is 1. The van der Waals surface area contributed by atoms with Gasteiger partial charge in [0.25, 0.3) is 5.91 Å². The largest absolute Gasteiger partial charge is 0.504 e. The van der Waals surface area contributed by atoms with Crippen LogP contribution < -0.4 is 15.4 Å². The van der Waals surface area contributed by atoms with Gasteiger partial charge in [0.2, 0.25) is 0 Å². The van der Waals surface area contributed by atoms with Gasteiger partial charge in [0.15, 0.2) is 10.9 Å². The van der Waals surface area contributed by atoms with E-state index < -0.39 is 5.91 Å². The van der Waals surface area contributed by atoms with E-state index in [0.29, 0.717) is 22.9 Å². The molecule has 0 radical (unpaired) electrons. The monoisotopic (exact) mass is 446 g/mol. The normalized spacial score (nSPS) is 10.3. The van der Waals surface area contributed by atoms with Crippen molar-refractivity contribution in [2.45, 2.75) is 6.61 Å². The number of amides is 1. The van der Waals surface area contributed by atoms with Crippen molar-refractivity contribution in [2.24, 2.45) is 0 Å². The first-order valence-electron chi connectivity index (χ1n) is 8.49. The Labute approximate surface area is 183 Å². The van der Waals surface area contributed by atoms with Gasteiger partial charge in [-0.25, -0.2) is 0 Å². The maximum atomic E-state index is 12.4. The molecule has 0 aliphatic heterocycles. The molecule has 0 spiro atoms. The predicted molar refractivity (Wildman–Crippen MR) is 119 cm³/mol. The molecular formula is C21H16Cl2N2O3S. The van der Waals surface area contributed by atoms with Gasteiger partial charge in [-0.2, -0.15) is 0 Å². The fourth-order valence-corrected chi connectivity index (χ4v) is 3.13. The van der Waals surface area contributed by atoms with Gasteiger partial charge in [-0.05, 0) is 54.2 Å². The highest BCUT2D eigenvalue weighted by molar-refractivity contribution is 7.80. The summed E-state index contributed by atoms with van der Waals surface area (Å²) in [6, 6.07) is 19.3. The number of phenolic OH excluding ortho intramolecular Hbond substituents is 1. The zero-order valence-corrected chi connectivity index (χ0v) is 17.3. The lowest BCUT2D eigenvalue weighted by molar-refractivity contribution is 0.0977. The van der Waals surface area contributed by atoms with Gasteiger partial charge in [-0.1, -0.05) is 53.5 Å². The van der Waals surface area contributed by atoms with Crippen LogP contribution in [0.1, 0.15) is 15.9 Å². The number of anilines is 1. The van der Waals surface area contributed by atoms with E-state index in [1.807, 2.05) is 30.3 Å². The molecule has 0 atom stereocenters. The van der Waals surface area contributed by atoms with Crippen molar-refractivity contribution in [3.05, 3.63) is 87.9 Å². The molecule has 0 bridgehead atoms. The van der Waals surface area contributed by atoms with Crippen LogP contribution in [-0.2, 0) is 6.61 Å². The molecule has 0 unspecified atom stereocenters. The van der Waals surface area contributed by atoms with Gasteiger partial charge in [0.05, 0.1) is 10.7 Å². The maximum absolute atomic E-state index is 12.4. The van der Waals surface area contributed by atoms with Crippen molar-refractivity contribution in [1.82, 2.24) is 5.32 Å². The van der Waals surface area contributed by atoms with Crippen LogP contribution in [-0.4, -0.2) is 16.1 Å². The van der Waals surface area contributed by atoms with E-state index in [-0.39, 0.29) is 21.6 Å². The van der Waals surface area contributed by atoms with Gasteiger partial charge in [0.1, 0.15) is 12.4 Å². The molecule has 0 heterocycles. The first-order valence-corrected chi connectivity index (χ1v) is 9.66. The summed E-state index contributed by atoms with van der Waals surface area (Å²) < 4.78 is 5.70. The van der Waals surface area contributed by atoms with Crippen LogP contribution in [0.15, 0.2) is 66.7 Å². The minimum Gasteiger partial charge on any atom is -0.504 e. The van der Waals surface area contributed by atoms with E-state index in [9.17, 15) is 9.90 Å². The Bertz CT molecular complexity index is 1030. The molecule has 148 valence electrons. The van der Waals surface area contributed by atoms with Crippen LogP contribution in [0.2, 0.25) is 10.0 Å². The molecule has 0 aliphatic rings. The van der Waals surface area contributed by atoms with Crippen molar-refractivity contribution in [2.75, 3.05) is 5.32 Å². The van der Waals surface area contributed by atoms with Crippen molar-refractivity contribution in [3.8, 4) is 11.5 Å². The average molecular weight is 447 g/mol. The number of thiocarbonyl (C=S) groups is 1. The summed E-state index contributed by atoms with van der Waals surface area (Å²) in [6.45, 7) is 0.437. The van der Waals surface area contributed by atoms with Crippen molar-refractivity contribution >= 4 is 52.1 Å². The number of hydrogen-bond donors (Lipinski definition) is 3. The first kappa shape index (κ1) is 20.9. The summed E-state index contributed by atoms with van der Waals surface area (Å²) in [4.78, 5) is 12.4. The highest BCUT2D eigenvalue weighted by Gasteiger charge is 2.12. The Morgan fingerprint density at radius 3 is 2.41 bits per heavy atom. The lowest BCUT2D eigenvalue weighted by atomic mass is 10.2. The Morgan fingerprint density at radius 2 is 1.72 bits per heavy atom. The molecule has 3 rings (SSSR count). The van der Waals surface area contributed by atoms with Crippen LogP contribution in [0.25, 0.3) is 0 Å². The van der Waals surface area contributed by atoms with Gasteiger partial charge >= 0.3 is 0 Å². The molecule has 0 aromatic heterocycles. The molecule has 3 aromatic carbocycles. The summed E-state index contributed by atoms with van der Waals surface area (Å²) in [5.74, 6) is 0.0157. The number of nitrogens with one attached hydrogen (secondary N) is 2. The minimum absolute atomic E-state index is 0.00645. The Hall–Kier alpha value is -2.80. The van der Waals surface area contributed by atoms with Crippen molar-refractivity contribution < 1.29 is 14.6 Å². The second-order valence-electron chi connectivity index (χ2n) is 5.99. The Morgan fingerprint density at radius 1 is 1.03 bits per heavy atom. The topological polar surface area (TPSA) is 70.6 Å². The zero-order valence-electron chi connectivity index (χ0n) is 15.0. The summed E-state index contributed by atoms with van der Waals surface area (Å²) in [5, 5.41) is 15.6. The zero-order chi connectivity index (χ0) is 20.8. The summed E-state index contributed by atoms with van der Waals surface area (Å²) in [6.07, 6.45) is 0. The van der Waals surface area contributed by atoms with Crippen LogP contribution in [0.3, 0.4) is 0 Å². The van der Waals surface area contributed by atoms with E-state index >= 15 is 0 Å². The van der Waals surface area contributed by atoms with Gasteiger partial charge in [0, 0.05) is 10.6 Å². The number of aromatic hydroxyl groups is 1. The van der Waals surface area contributed by atoms with Gasteiger partial charge in [-0.3, -0.25) is 10.1 Å². The number of carbonyl (C=O) groups is 1. The third-order valence-corrected chi connectivity index (χ3v) is 4.58. The molecular weight excluding hydrogens is 431 g/mol. The van der Waals surface area contributed by atoms with Crippen LogP contribution in [0.5, 0.6) is 11.5 Å². The number of rotatable bonds is 5. The third-order valence-electron chi connectivity index (χ3n) is 3.87. The summed E-state index contributed by atoms with van der Waals surface area (Å²) in [5.41, 5.74) is 1.64. The highest BCUT2D eigenvalue weighted by Crippen LogP contribution is 2.34. The molecule has 3 N–H and O–H groups in total. The SMILES string of the molecule is O=C(NC(=S)Nc1cc(Cl)cc(Cl)c1O)c1ccc(OCc2ccccc2)cc1. The summed E-state index contributed by atoms with van der Waals surface area (Å²) >= 11 is 16.9. The summed E-state index contributed by atoms with van der Waals surface area (Å²) in [7, 11) is 0. The van der Waals surface area contributed by atoms with Gasteiger partial charge < -0.3 is 15.2 Å². The van der Waals surface area contributed by atoms with E-state index in [1.165, 1.54) is 12.1 Å². The molecule has 5 nitrogen and oxygen atoms in total. The average Bonchev–Trinajstić information content (AvgIpc) is 2.71. The molecule has 0 aliphatic carbocycles. The van der Waals surface area contributed by atoms with Crippen molar-refractivity contribution in [3.63, 3.8) is 0 Å². The number of halogens is 2. The van der Waals surface area contributed by atoms with Crippen LogP contribution >= 0.6 is 35.4 Å². The minimum atomic E-state index is -0.412. The fourth-order valence-electron chi connectivity index (χ4n) is 2.43. The van der Waals surface area contributed by atoms with E-state index in [1.54, 1.807) is 24.3 Å². The molecule has 8 heteroatoms. The Kier molecular flexibility index (Phi) is 6.93. The smallest absolute Gasteiger partial charge is 0.257 e. The standard InChI is InChI=1S/C21H16Cl2N2O3S/c22-15-10-17(23)19(26)18(11-15)24-21(29)25-20(27)14-6-8-16(9-7-14)28-12-13-4-2-1-3-5-13/h1-11,26H,12H2,(H2,24,25,27,29). The number of benzene rings is 3. The number of ether oxygens (including phenoxy) is 1. The van der Waals surface area contributed by atoms with Crippen molar-refractivity contribution in [1.29, 1.82) is 0 Å². The lowest BCUT2D eigenvalue weighted by Gasteiger charge is -2.12. The fraction of sp³-hybridized carbons (Fsp3) is 0.0476. The number of phenols is 1.